The Labute approximate surface area is 149 Å². The molecule has 1 unspecified atom stereocenters. The van der Waals surface area contributed by atoms with E-state index < -0.39 is 0 Å². The summed E-state index contributed by atoms with van der Waals surface area (Å²) < 4.78 is 5.47. The first-order valence-electron chi connectivity index (χ1n) is 9.53. The van der Waals surface area contributed by atoms with Crippen LogP contribution in [0.15, 0.2) is 35.4 Å². The van der Waals surface area contributed by atoms with Gasteiger partial charge in [0.05, 0.1) is 5.70 Å². The van der Waals surface area contributed by atoms with E-state index in [1.807, 2.05) is 6.08 Å². The number of esters is 1. The molecule has 0 aromatic heterocycles. The van der Waals surface area contributed by atoms with Crippen molar-refractivity contribution in [2.75, 3.05) is 0 Å². The van der Waals surface area contributed by atoms with Crippen molar-refractivity contribution in [3.8, 4) is 0 Å². The van der Waals surface area contributed by atoms with Gasteiger partial charge in [-0.2, -0.15) is 0 Å². The van der Waals surface area contributed by atoms with E-state index in [1.165, 1.54) is 6.92 Å². The smallest absolute Gasteiger partial charge is 0.307 e. The summed E-state index contributed by atoms with van der Waals surface area (Å²) in [6, 6.07) is 0. The molecule has 0 bridgehead atoms. The quantitative estimate of drug-likeness (QED) is 0.700. The molecule has 0 amide bonds. The zero-order valence-corrected chi connectivity index (χ0v) is 15.4. The largest absolute Gasteiger partial charge is 0.508 e. The van der Waals surface area contributed by atoms with Gasteiger partial charge in [-0.1, -0.05) is 19.9 Å². The molecule has 4 heteroatoms. The van der Waals surface area contributed by atoms with Crippen LogP contribution >= 0.6 is 0 Å². The van der Waals surface area contributed by atoms with Crippen molar-refractivity contribution in [1.29, 1.82) is 0 Å². The molecule has 0 saturated heterocycles. The van der Waals surface area contributed by atoms with E-state index in [0.717, 1.165) is 37.8 Å². The molecule has 136 valence electrons. The number of fused-ring (bicyclic) bond motifs is 5. The predicted molar refractivity (Wildman–Crippen MR) is 96.1 cm³/mol. The predicted octanol–water partition coefficient (Wildman–Crippen LogP) is 4.20. The number of rotatable bonds is 1. The van der Waals surface area contributed by atoms with Gasteiger partial charge in [-0.3, -0.25) is 4.79 Å². The molecule has 0 aliphatic heterocycles. The molecule has 0 aromatic carbocycles. The van der Waals surface area contributed by atoms with Crippen LogP contribution in [0.25, 0.3) is 0 Å². The highest BCUT2D eigenvalue weighted by Gasteiger charge is 2.58. The lowest BCUT2D eigenvalue weighted by molar-refractivity contribution is -0.137. The number of ether oxygens (including phenoxy) is 1. The van der Waals surface area contributed by atoms with Crippen LogP contribution in [0.4, 0.5) is 0 Å². The number of nitrogens with two attached hydrogens (primary N) is 1. The van der Waals surface area contributed by atoms with Crippen molar-refractivity contribution in [1.82, 2.24) is 0 Å². The van der Waals surface area contributed by atoms with Crippen molar-refractivity contribution in [2.45, 2.75) is 52.9 Å². The summed E-state index contributed by atoms with van der Waals surface area (Å²) in [5.74, 6) is 2.90. The summed E-state index contributed by atoms with van der Waals surface area (Å²) in [7, 11) is 0. The Bertz CT molecular complexity index is 706. The number of hydrogen-bond acceptors (Lipinski definition) is 4. The lowest BCUT2D eigenvalue weighted by atomic mass is 9.47. The second-order valence-electron chi connectivity index (χ2n) is 8.94. The second kappa shape index (κ2) is 5.39. The second-order valence-corrected chi connectivity index (χ2v) is 8.94. The molecule has 0 heterocycles. The fourth-order valence-electron chi connectivity index (χ4n) is 6.39. The first-order chi connectivity index (χ1) is 11.8. The van der Waals surface area contributed by atoms with Crippen molar-refractivity contribution in [3.05, 3.63) is 35.4 Å². The van der Waals surface area contributed by atoms with Gasteiger partial charge in [0.25, 0.3) is 0 Å². The Kier molecular flexibility index (Phi) is 3.61. The van der Waals surface area contributed by atoms with Gasteiger partial charge in [0.2, 0.25) is 0 Å². The standard InChI is InChI=1S/C21H29NO3/c1-12(23)25-18-11-17-15-5-4-13-10-14(24)6-8-20(13,2)16(15)7-9-21(17,3)19(18)22/h6,8,10,13,15-17,24H,4-5,7,9,11,22H2,1-3H3/t13?,15-,16-,17+,20+,21+/m1/s1. The number of hydrogen-bond donors (Lipinski definition) is 2. The summed E-state index contributed by atoms with van der Waals surface area (Å²) in [6.07, 6.45) is 11.4. The molecule has 4 aliphatic carbocycles. The van der Waals surface area contributed by atoms with Gasteiger partial charge in [-0.05, 0) is 66.9 Å². The molecule has 0 radical (unpaired) electrons. The fraction of sp³-hybridized carbons (Fsp3) is 0.667. The molecule has 6 atom stereocenters. The van der Waals surface area contributed by atoms with Gasteiger partial charge in [0.15, 0.2) is 0 Å². The molecule has 4 nitrogen and oxygen atoms in total. The average Bonchev–Trinajstić information content (AvgIpc) is 2.79. The molecule has 4 aliphatic rings. The van der Waals surface area contributed by atoms with Gasteiger partial charge >= 0.3 is 5.97 Å². The molecule has 4 rings (SSSR count). The van der Waals surface area contributed by atoms with Crippen LogP contribution in [0.5, 0.6) is 0 Å². The van der Waals surface area contributed by atoms with Crippen molar-refractivity contribution in [3.63, 3.8) is 0 Å². The SMILES string of the molecule is CC(=O)OC1=C(N)[C@@]2(C)CC[C@@H]3[C@@H](CCC4C=C(O)C=C[C@@]43C)[C@@H]2C1. The van der Waals surface area contributed by atoms with Gasteiger partial charge in [-0.15, -0.1) is 0 Å². The van der Waals surface area contributed by atoms with Gasteiger partial charge in [0.1, 0.15) is 11.5 Å². The summed E-state index contributed by atoms with van der Waals surface area (Å²) >= 11 is 0. The molecule has 3 N–H and O–H groups in total. The Morgan fingerprint density at radius 1 is 1.28 bits per heavy atom. The van der Waals surface area contributed by atoms with Crippen molar-refractivity contribution < 1.29 is 14.6 Å². The lowest BCUT2D eigenvalue weighted by Crippen LogP contribution is -2.51. The Morgan fingerprint density at radius 3 is 2.76 bits per heavy atom. The third-order valence-electron chi connectivity index (χ3n) is 7.81. The first kappa shape index (κ1) is 16.7. The zero-order chi connectivity index (χ0) is 18.0. The van der Waals surface area contributed by atoms with Crippen LogP contribution in [0.2, 0.25) is 0 Å². The summed E-state index contributed by atoms with van der Waals surface area (Å²) in [4.78, 5) is 11.5. The Hall–Kier alpha value is -1.71. The fourth-order valence-corrected chi connectivity index (χ4v) is 6.39. The Morgan fingerprint density at radius 2 is 2.04 bits per heavy atom. The van der Waals surface area contributed by atoms with E-state index in [0.29, 0.717) is 35.2 Å². The van der Waals surface area contributed by atoms with Gasteiger partial charge in [-0.25, -0.2) is 0 Å². The maximum Gasteiger partial charge on any atom is 0.307 e. The number of carbonyl (C=O) groups is 1. The van der Waals surface area contributed by atoms with Crippen molar-refractivity contribution >= 4 is 5.97 Å². The molecular weight excluding hydrogens is 314 g/mol. The summed E-state index contributed by atoms with van der Waals surface area (Å²) in [5.41, 5.74) is 7.32. The topological polar surface area (TPSA) is 72.5 Å². The number of aliphatic hydroxyl groups is 1. The number of aliphatic hydroxyl groups excluding tert-OH is 1. The summed E-state index contributed by atoms with van der Waals surface area (Å²) in [6.45, 7) is 6.07. The molecule has 0 spiro atoms. The van der Waals surface area contributed by atoms with E-state index in [9.17, 15) is 9.90 Å². The maximum atomic E-state index is 11.5. The van der Waals surface area contributed by atoms with Gasteiger partial charge < -0.3 is 15.6 Å². The lowest BCUT2D eigenvalue weighted by Gasteiger charge is -2.57. The van der Waals surface area contributed by atoms with E-state index in [4.69, 9.17) is 10.5 Å². The highest BCUT2D eigenvalue weighted by Crippen LogP contribution is 2.65. The van der Waals surface area contributed by atoms with Crippen LogP contribution in [-0.2, 0) is 9.53 Å². The minimum absolute atomic E-state index is 0.0501. The third-order valence-corrected chi connectivity index (χ3v) is 7.81. The molecule has 2 saturated carbocycles. The minimum Gasteiger partial charge on any atom is -0.508 e. The molecule has 25 heavy (non-hydrogen) atoms. The third kappa shape index (κ3) is 2.29. The number of allylic oxidation sites excluding steroid dienone is 5. The van der Waals surface area contributed by atoms with E-state index in [2.05, 4.69) is 26.0 Å². The molecular formula is C21H29NO3. The monoisotopic (exact) mass is 343 g/mol. The zero-order valence-electron chi connectivity index (χ0n) is 15.4. The van der Waals surface area contributed by atoms with E-state index in [1.54, 1.807) is 0 Å². The van der Waals surface area contributed by atoms with Crippen LogP contribution in [0.1, 0.15) is 52.9 Å². The summed E-state index contributed by atoms with van der Waals surface area (Å²) in [5, 5.41) is 9.91. The Balaban J connectivity index is 1.65. The average molecular weight is 343 g/mol. The molecule has 0 aromatic rings. The number of carbonyl (C=O) groups excluding carboxylic acids is 1. The van der Waals surface area contributed by atoms with E-state index in [-0.39, 0.29) is 16.8 Å². The van der Waals surface area contributed by atoms with Crippen LogP contribution in [0.3, 0.4) is 0 Å². The van der Waals surface area contributed by atoms with Crippen molar-refractivity contribution in [2.24, 2.45) is 40.2 Å². The van der Waals surface area contributed by atoms with Crippen LogP contribution < -0.4 is 5.73 Å². The first-order valence-corrected chi connectivity index (χ1v) is 9.53. The van der Waals surface area contributed by atoms with Gasteiger partial charge in [0, 0.05) is 18.8 Å². The highest BCUT2D eigenvalue weighted by atomic mass is 16.5. The minimum atomic E-state index is -0.275. The van der Waals surface area contributed by atoms with Crippen LogP contribution in [-0.4, -0.2) is 11.1 Å². The van der Waals surface area contributed by atoms with Crippen LogP contribution in [0, 0.1) is 34.5 Å². The normalized spacial score (nSPS) is 45.3. The van der Waals surface area contributed by atoms with E-state index >= 15 is 0 Å². The highest BCUT2D eigenvalue weighted by molar-refractivity contribution is 5.67. The molecule has 2 fully saturated rings. The maximum absolute atomic E-state index is 11.5.